The van der Waals surface area contributed by atoms with E-state index >= 15 is 0 Å². The van der Waals surface area contributed by atoms with Crippen LogP contribution in [0.2, 0.25) is 0 Å². The Kier molecular flexibility index (Phi) is 5.95. The molecule has 0 aliphatic carbocycles. The highest BCUT2D eigenvalue weighted by atomic mass is 32.1. The number of rotatable bonds is 5. The molecule has 102 valence electrons. The standard InChI is InChI=1S/C18H18OS/c1-2-3-4-6-12-17(15-18-13-9-14-20-18)19-16-10-7-5-8-11-16/h5,7-11,13-15H,2-4H2,1H3/b17-15-. The van der Waals surface area contributed by atoms with Crippen molar-refractivity contribution < 1.29 is 4.74 Å². The van der Waals surface area contributed by atoms with Crippen molar-refractivity contribution in [1.29, 1.82) is 0 Å². The molecule has 2 heteroatoms. The molecule has 0 radical (unpaired) electrons. The van der Waals surface area contributed by atoms with Crippen molar-refractivity contribution >= 4 is 17.4 Å². The van der Waals surface area contributed by atoms with Gasteiger partial charge in [-0.05, 0) is 35.9 Å². The Morgan fingerprint density at radius 3 is 2.75 bits per heavy atom. The van der Waals surface area contributed by atoms with Crippen LogP contribution in [0.15, 0.2) is 53.6 Å². The van der Waals surface area contributed by atoms with Crippen LogP contribution >= 0.6 is 11.3 Å². The minimum Gasteiger partial charge on any atom is -0.448 e. The molecule has 1 nitrogen and oxygen atoms in total. The van der Waals surface area contributed by atoms with Gasteiger partial charge in [-0.25, -0.2) is 0 Å². The van der Waals surface area contributed by atoms with Gasteiger partial charge in [0.05, 0.1) is 0 Å². The maximum atomic E-state index is 5.86. The first-order valence-electron chi connectivity index (χ1n) is 6.85. The van der Waals surface area contributed by atoms with E-state index in [1.165, 1.54) is 0 Å². The lowest BCUT2D eigenvalue weighted by Gasteiger charge is -2.04. The maximum absolute atomic E-state index is 5.86. The van der Waals surface area contributed by atoms with Crippen LogP contribution in [-0.4, -0.2) is 0 Å². The number of para-hydroxylation sites is 1. The van der Waals surface area contributed by atoms with Crippen molar-refractivity contribution in [3.63, 3.8) is 0 Å². The zero-order valence-electron chi connectivity index (χ0n) is 11.6. The van der Waals surface area contributed by atoms with Gasteiger partial charge in [0.2, 0.25) is 0 Å². The van der Waals surface area contributed by atoms with E-state index in [-0.39, 0.29) is 0 Å². The zero-order chi connectivity index (χ0) is 14.0. The number of benzene rings is 1. The van der Waals surface area contributed by atoms with Crippen LogP contribution in [0.5, 0.6) is 5.75 Å². The van der Waals surface area contributed by atoms with Crippen molar-refractivity contribution in [2.45, 2.75) is 26.2 Å². The summed E-state index contributed by atoms with van der Waals surface area (Å²) in [5.74, 6) is 7.84. The molecular weight excluding hydrogens is 264 g/mol. The van der Waals surface area contributed by atoms with Gasteiger partial charge >= 0.3 is 0 Å². The van der Waals surface area contributed by atoms with Crippen LogP contribution in [-0.2, 0) is 0 Å². The van der Waals surface area contributed by atoms with Crippen molar-refractivity contribution in [2.75, 3.05) is 0 Å². The fourth-order valence-electron chi connectivity index (χ4n) is 1.62. The molecule has 0 unspecified atom stereocenters. The summed E-state index contributed by atoms with van der Waals surface area (Å²) < 4.78 is 5.86. The summed E-state index contributed by atoms with van der Waals surface area (Å²) in [6.07, 6.45) is 5.20. The number of hydrogen-bond acceptors (Lipinski definition) is 2. The van der Waals surface area contributed by atoms with Gasteiger partial charge in [0.25, 0.3) is 0 Å². The van der Waals surface area contributed by atoms with Crippen LogP contribution in [0.3, 0.4) is 0 Å². The highest BCUT2D eigenvalue weighted by molar-refractivity contribution is 7.10. The number of thiophene rings is 1. The molecule has 0 bridgehead atoms. The van der Waals surface area contributed by atoms with Crippen molar-refractivity contribution in [3.8, 4) is 17.6 Å². The van der Waals surface area contributed by atoms with Gasteiger partial charge in [-0.3, -0.25) is 0 Å². The van der Waals surface area contributed by atoms with E-state index in [1.807, 2.05) is 42.5 Å². The van der Waals surface area contributed by atoms with Crippen LogP contribution in [0, 0.1) is 11.8 Å². The average Bonchev–Trinajstić information content (AvgIpc) is 2.97. The first-order valence-corrected chi connectivity index (χ1v) is 7.73. The summed E-state index contributed by atoms with van der Waals surface area (Å²) >= 11 is 1.68. The minimum atomic E-state index is 0.703. The van der Waals surface area contributed by atoms with E-state index in [9.17, 15) is 0 Å². The summed E-state index contributed by atoms with van der Waals surface area (Å²) in [5.41, 5.74) is 0. The monoisotopic (exact) mass is 282 g/mol. The van der Waals surface area contributed by atoms with Gasteiger partial charge < -0.3 is 4.74 Å². The Bertz CT molecular complexity index is 585. The fraction of sp³-hybridized carbons (Fsp3) is 0.222. The van der Waals surface area contributed by atoms with Gasteiger partial charge in [0.1, 0.15) is 5.75 Å². The van der Waals surface area contributed by atoms with Gasteiger partial charge in [-0.15, -0.1) is 11.3 Å². The summed E-state index contributed by atoms with van der Waals surface area (Å²) in [6.45, 7) is 2.17. The smallest absolute Gasteiger partial charge is 0.178 e. The summed E-state index contributed by atoms with van der Waals surface area (Å²) in [5, 5.41) is 2.05. The normalized spacial score (nSPS) is 10.8. The van der Waals surface area contributed by atoms with E-state index < -0.39 is 0 Å². The molecule has 0 saturated carbocycles. The summed E-state index contributed by atoms with van der Waals surface area (Å²) in [4.78, 5) is 1.15. The molecule has 0 saturated heterocycles. The van der Waals surface area contributed by atoms with E-state index in [0.717, 1.165) is 29.9 Å². The molecular formula is C18H18OS. The Morgan fingerprint density at radius 1 is 1.20 bits per heavy atom. The minimum absolute atomic E-state index is 0.703. The lowest BCUT2D eigenvalue weighted by molar-refractivity contribution is 0.454. The molecule has 0 N–H and O–H groups in total. The fourth-order valence-corrected chi connectivity index (χ4v) is 2.27. The molecule has 1 heterocycles. The third-order valence-electron chi connectivity index (χ3n) is 2.65. The quantitative estimate of drug-likeness (QED) is 0.407. The van der Waals surface area contributed by atoms with Crippen LogP contribution < -0.4 is 4.74 Å². The van der Waals surface area contributed by atoms with Crippen molar-refractivity contribution in [2.24, 2.45) is 0 Å². The predicted octanol–water partition coefficient (Wildman–Crippen LogP) is 5.36. The zero-order valence-corrected chi connectivity index (χ0v) is 12.5. The van der Waals surface area contributed by atoms with E-state index in [4.69, 9.17) is 4.74 Å². The molecule has 0 amide bonds. The molecule has 2 rings (SSSR count). The van der Waals surface area contributed by atoms with Crippen LogP contribution in [0.1, 0.15) is 31.1 Å². The lowest BCUT2D eigenvalue weighted by atomic mass is 10.2. The van der Waals surface area contributed by atoms with E-state index in [0.29, 0.717) is 5.76 Å². The van der Waals surface area contributed by atoms with Crippen molar-refractivity contribution in [1.82, 2.24) is 0 Å². The summed E-state index contributed by atoms with van der Waals surface area (Å²) in [7, 11) is 0. The molecule has 0 aliphatic rings. The molecule has 1 aromatic heterocycles. The van der Waals surface area contributed by atoms with E-state index in [2.05, 4.69) is 30.2 Å². The van der Waals surface area contributed by atoms with Crippen LogP contribution in [0.25, 0.3) is 6.08 Å². The molecule has 0 fully saturated rings. The summed E-state index contributed by atoms with van der Waals surface area (Å²) in [6, 6.07) is 13.9. The topological polar surface area (TPSA) is 9.23 Å². The van der Waals surface area contributed by atoms with Gasteiger partial charge in [0.15, 0.2) is 5.76 Å². The Balaban J connectivity index is 2.13. The molecule has 2 aromatic rings. The first-order chi connectivity index (χ1) is 9.88. The second-order valence-electron chi connectivity index (χ2n) is 4.34. The number of ether oxygens (including phenoxy) is 1. The highest BCUT2D eigenvalue weighted by Crippen LogP contribution is 2.17. The number of allylic oxidation sites excluding steroid dienone is 1. The largest absolute Gasteiger partial charge is 0.448 e. The number of hydrogen-bond donors (Lipinski definition) is 0. The SMILES string of the molecule is CCCCC#C/C(=C/c1cccs1)Oc1ccccc1. The third kappa shape index (κ3) is 4.95. The molecule has 0 atom stereocenters. The second-order valence-corrected chi connectivity index (χ2v) is 5.32. The molecule has 1 aromatic carbocycles. The maximum Gasteiger partial charge on any atom is 0.178 e. The second kappa shape index (κ2) is 8.24. The Labute approximate surface area is 124 Å². The molecule has 20 heavy (non-hydrogen) atoms. The predicted molar refractivity (Wildman–Crippen MR) is 86.7 cm³/mol. The molecule has 0 spiro atoms. The first kappa shape index (κ1) is 14.4. The highest BCUT2D eigenvalue weighted by Gasteiger charge is 1.98. The Morgan fingerprint density at radius 2 is 2.05 bits per heavy atom. The van der Waals surface area contributed by atoms with Gasteiger partial charge in [0, 0.05) is 17.4 Å². The van der Waals surface area contributed by atoms with Crippen LogP contribution in [0.4, 0.5) is 0 Å². The number of unbranched alkanes of at least 4 members (excludes halogenated alkanes) is 2. The van der Waals surface area contributed by atoms with E-state index in [1.54, 1.807) is 11.3 Å². The lowest BCUT2D eigenvalue weighted by Crippen LogP contribution is -1.92. The van der Waals surface area contributed by atoms with Gasteiger partial charge in [-0.1, -0.05) is 43.5 Å². The van der Waals surface area contributed by atoms with Crippen molar-refractivity contribution in [3.05, 3.63) is 58.5 Å². The van der Waals surface area contributed by atoms with Gasteiger partial charge in [-0.2, -0.15) is 0 Å². The third-order valence-corrected chi connectivity index (χ3v) is 3.47. The Hall–Kier alpha value is -1.98. The molecule has 0 aliphatic heterocycles. The average molecular weight is 282 g/mol.